The summed E-state index contributed by atoms with van der Waals surface area (Å²) in [4.78, 5) is 0. The van der Waals surface area contributed by atoms with E-state index in [1.807, 2.05) is 0 Å². The molecule has 2 rings (SSSR count). The van der Waals surface area contributed by atoms with Crippen LogP contribution in [0, 0.1) is 6.42 Å². The zero-order valence-corrected chi connectivity index (χ0v) is 7.10. The van der Waals surface area contributed by atoms with E-state index in [1.54, 1.807) is 18.7 Å². The molecule has 1 aliphatic rings. The average Bonchev–Trinajstić information content (AvgIpc) is 2.16. The number of fused-ring (bicyclic) bond motifs is 1. The number of halogens is 3. The molecular weight excluding hydrogens is 191 g/mol. The van der Waals surface area contributed by atoms with Gasteiger partial charge in [0.15, 0.2) is 0 Å². The minimum absolute atomic E-state index is 0.558. The van der Waals surface area contributed by atoms with Crippen LogP contribution in [0.2, 0.25) is 0 Å². The highest BCUT2D eigenvalue weighted by Gasteiger charge is 2.30. The van der Waals surface area contributed by atoms with Crippen molar-refractivity contribution in [2.24, 2.45) is 0 Å². The van der Waals surface area contributed by atoms with E-state index in [1.165, 1.54) is 6.07 Å². The number of alkyl halides is 3. The lowest BCUT2D eigenvalue weighted by atomic mass is 10.0. The second-order valence-electron chi connectivity index (χ2n) is 2.97. The molecule has 1 heterocycles. The first-order chi connectivity index (χ1) is 6.57. The monoisotopic (exact) mass is 198 g/mol. The van der Waals surface area contributed by atoms with Crippen molar-refractivity contribution in [3.8, 4) is 0 Å². The Morgan fingerprint density at radius 2 is 1.93 bits per heavy atom. The first-order valence-corrected chi connectivity index (χ1v) is 4.05. The molecule has 1 nitrogen and oxygen atoms in total. The lowest BCUT2D eigenvalue weighted by molar-refractivity contribution is -0.137. The summed E-state index contributed by atoms with van der Waals surface area (Å²) in [5, 5.41) is 2.86. The molecule has 14 heavy (non-hydrogen) atoms. The Hall–Kier alpha value is -1.45. The van der Waals surface area contributed by atoms with Crippen LogP contribution in [-0.4, -0.2) is 0 Å². The third-order valence-electron chi connectivity index (χ3n) is 1.99. The second-order valence-corrected chi connectivity index (χ2v) is 2.97. The summed E-state index contributed by atoms with van der Waals surface area (Å²) in [7, 11) is 0. The van der Waals surface area contributed by atoms with Crippen LogP contribution in [0.3, 0.4) is 0 Å². The minimum atomic E-state index is -4.27. The highest BCUT2D eigenvalue weighted by atomic mass is 19.4. The number of hydrogen-bond donors (Lipinski definition) is 1. The number of benzene rings is 1. The van der Waals surface area contributed by atoms with Gasteiger partial charge in [0.1, 0.15) is 0 Å². The van der Waals surface area contributed by atoms with Crippen LogP contribution in [-0.2, 0) is 6.18 Å². The Kier molecular flexibility index (Phi) is 1.98. The zero-order chi connectivity index (χ0) is 10.2. The molecule has 0 spiro atoms. The Balaban J connectivity index is 2.41. The van der Waals surface area contributed by atoms with Crippen molar-refractivity contribution in [2.45, 2.75) is 6.18 Å². The van der Waals surface area contributed by atoms with Crippen LogP contribution in [0.15, 0.2) is 30.5 Å². The number of nitrogens with one attached hydrogen (secondary N) is 1. The molecule has 0 aromatic heterocycles. The van der Waals surface area contributed by atoms with Gasteiger partial charge in [0.2, 0.25) is 0 Å². The fraction of sp³-hybridized carbons (Fsp3) is 0.100. The van der Waals surface area contributed by atoms with Gasteiger partial charge in [0.05, 0.1) is 5.56 Å². The van der Waals surface area contributed by atoms with Gasteiger partial charge in [-0.25, -0.2) is 0 Å². The Morgan fingerprint density at radius 3 is 2.64 bits per heavy atom. The molecule has 0 bridgehead atoms. The summed E-state index contributed by atoms with van der Waals surface area (Å²) in [5.41, 5.74) is 0.632. The molecule has 0 unspecified atom stereocenters. The van der Waals surface area contributed by atoms with Crippen molar-refractivity contribution in [3.63, 3.8) is 0 Å². The van der Waals surface area contributed by atoms with Crippen molar-refractivity contribution >= 4 is 5.69 Å². The normalized spacial score (nSPS) is 14.8. The Morgan fingerprint density at radius 1 is 1.14 bits per heavy atom. The molecule has 0 amide bonds. The van der Waals surface area contributed by atoms with Gasteiger partial charge >= 0.3 is 6.18 Å². The molecule has 1 aromatic rings. The van der Waals surface area contributed by atoms with E-state index in [2.05, 4.69) is 5.32 Å². The molecule has 1 aromatic carbocycles. The third kappa shape index (κ3) is 1.60. The second kappa shape index (κ2) is 3.04. The first-order valence-electron chi connectivity index (χ1n) is 4.05. The van der Waals surface area contributed by atoms with E-state index < -0.39 is 11.7 Å². The molecule has 4 heteroatoms. The molecule has 0 saturated heterocycles. The van der Waals surface area contributed by atoms with E-state index in [9.17, 15) is 13.2 Å². The summed E-state index contributed by atoms with van der Waals surface area (Å²) in [6, 6.07) is 3.63. The van der Waals surface area contributed by atoms with Gasteiger partial charge in [-0.15, -0.1) is 0 Å². The molecule has 0 atom stereocenters. The maximum absolute atomic E-state index is 12.3. The maximum Gasteiger partial charge on any atom is 0.416 e. The number of hydrogen-bond acceptors (Lipinski definition) is 1. The summed E-state index contributed by atoms with van der Waals surface area (Å²) < 4.78 is 36.9. The van der Waals surface area contributed by atoms with Crippen molar-refractivity contribution in [1.82, 2.24) is 0 Å². The number of rotatable bonds is 0. The molecule has 1 aliphatic heterocycles. The quantitative estimate of drug-likeness (QED) is 0.675. The topological polar surface area (TPSA) is 12.0 Å². The molecular formula is C10H7F3N. The highest BCUT2D eigenvalue weighted by molar-refractivity contribution is 5.61. The van der Waals surface area contributed by atoms with Gasteiger partial charge in [-0.3, -0.25) is 0 Å². The molecule has 0 saturated carbocycles. The molecule has 0 fully saturated rings. The first kappa shape index (κ1) is 9.12. The SMILES string of the molecule is FC(F)(F)c1ccc2c(c1)[CH]C=CN2. The van der Waals surface area contributed by atoms with Gasteiger partial charge in [-0.05, 0) is 30.0 Å². The average molecular weight is 198 g/mol. The molecule has 0 aliphatic carbocycles. The smallest absolute Gasteiger partial charge is 0.362 e. The molecule has 73 valence electrons. The number of anilines is 1. The predicted octanol–water partition coefficient (Wildman–Crippen LogP) is 3.20. The number of allylic oxidation sites excluding steroid dienone is 1. The Bertz CT molecular complexity index is 379. The maximum atomic E-state index is 12.3. The van der Waals surface area contributed by atoms with Crippen LogP contribution >= 0.6 is 0 Å². The third-order valence-corrected chi connectivity index (χ3v) is 1.99. The van der Waals surface area contributed by atoms with E-state index >= 15 is 0 Å². The van der Waals surface area contributed by atoms with Crippen LogP contribution < -0.4 is 5.32 Å². The van der Waals surface area contributed by atoms with Gasteiger partial charge in [-0.1, -0.05) is 6.08 Å². The summed E-state index contributed by atoms with van der Waals surface area (Å²) >= 11 is 0. The van der Waals surface area contributed by atoms with Crippen molar-refractivity contribution in [1.29, 1.82) is 0 Å². The lowest BCUT2D eigenvalue weighted by Crippen LogP contribution is -2.07. The minimum Gasteiger partial charge on any atom is -0.362 e. The molecule has 1 N–H and O–H groups in total. The summed E-state index contributed by atoms with van der Waals surface area (Å²) in [5.74, 6) is 0. The zero-order valence-electron chi connectivity index (χ0n) is 7.10. The fourth-order valence-corrected chi connectivity index (χ4v) is 1.30. The van der Waals surface area contributed by atoms with E-state index in [0.29, 0.717) is 11.3 Å². The van der Waals surface area contributed by atoms with Gasteiger partial charge in [0.25, 0.3) is 0 Å². The predicted molar refractivity (Wildman–Crippen MR) is 47.6 cm³/mol. The van der Waals surface area contributed by atoms with Gasteiger partial charge < -0.3 is 5.32 Å². The largest absolute Gasteiger partial charge is 0.416 e. The Labute approximate surface area is 79.2 Å². The van der Waals surface area contributed by atoms with Crippen LogP contribution in [0.1, 0.15) is 11.1 Å². The van der Waals surface area contributed by atoms with Crippen LogP contribution in [0.5, 0.6) is 0 Å². The van der Waals surface area contributed by atoms with Crippen molar-refractivity contribution in [2.75, 3.05) is 5.32 Å². The van der Waals surface area contributed by atoms with E-state index in [0.717, 1.165) is 12.1 Å². The van der Waals surface area contributed by atoms with E-state index in [-0.39, 0.29) is 0 Å². The van der Waals surface area contributed by atoms with Crippen molar-refractivity contribution < 1.29 is 13.2 Å². The summed E-state index contributed by atoms with van der Waals surface area (Å²) in [6.45, 7) is 0. The van der Waals surface area contributed by atoms with Gasteiger partial charge in [-0.2, -0.15) is 13.2 Å². The standard InChI is InChI=1S/C10H7F3N/c11-10(12,13)8-3-4-9-7(6-8)2-1-5-14-9/h1-6,14H. The van der Waals surface area contributed by atoms with Crippen molar-refractivity contribution in [3.05, 3.63) is 48.0 Å². The van der Waals surface area contributed by atoms with E-state index in [4.69, 9.17) is 0 Å². The highest BCUT2D eigenvalue weighted by Crippen LogP contribution is 2.33. The van der Waals surface area contributed by atoms with Crippen LogP contribution in [0.4, 0.5) is 18.9 Å². The fourth-order valence-electron chi connectivity index (χ4n) is 1.30. The molecule has 1 radical (unpaired) electrons. The van der Waals surface area contributed by atoms with Gasteiger partial charge in [0, 0.05) is 12.1 Å². The van der Waals surface area contributed by atoms with Crippen LogP contribution in [0.25, 0.3) is 0 Å². The summed E-state index contributed by atoms with van der Waals surface area (Å²) in [6.07, 6.45) is 0.711. The lowest BCUT2D eigenvalue weighted by Gasteiger charge is -2.14.